The molecule has 1 fully saturated rings. The average Bonchev–Trinajstić information content (AvgIpc) is 2.77. The predicted molar refractivity (Wildman–Crippen MR) is 126 cm³/mol. The van der Waals surface area contributed by atoms with Crippen molar-refractivity contribution in [2.24, 2.45) is 0 Å². The summed E-state index contributed by atoms with van der Waals surface area (Å²) in [5.41, 5.74) is 1.80. The van der Waals surface area contributed by atoms with Gasteiger partial charge in [0.15, 0.2) is 0 Å². The van der Waals surface area contributed by atoms with Crippen LogP contribution in [-0.4, -0.2) is 24.8 Å². The normalized spacial score (nSPS) is 21.7. The topological polar surface area (TPSA) is 44.8 Å². The standard InChI is InChI=1S/C27H38O4/c1-23-22-27(2,31-30-25(23)21-26(28)29-3)20-16-11-9-7-5-4-6-8-10-13-17-24-18-14-12-15-19-24/h8,10,12-15,17-19,25H,1,4-7,9,11,16,20-22H2,2-3H3. The van der Waals surface area contributed by atoms with E-state index in [1.165, 1.54) is 44.8 Å². The molecule has 4 heteroatoms. The van der Waals surface area contributed by atoms with E-state index in [0.29, 0.717) is 0 Å². The van der Waals surface area contributed by atoms with Gasteiger partial charge in [-0.3, -0.25) is 4.79 Å². The molecule has 0 aliphatic carbocycles. The number of hydrogen-bond acceptors (Lipinski definition) is 4. The van der Waals surface area contributed by atoms with E-state index in [-0.39, 0.29) is 18.0 Å². The molecule has 1 aromatic carbocycles. The van der Waals surface area contributed by atoms with Crippen molar-refractivity contribution in [3.8, 4) is 0 Å². The average molecular weight is 427 g/mol. The maximum atomic E-state index is 11.4. The summed E-state index contributed by atoms with van der Waals surface area (Å²) in [6.45, 7) is 6.14. The Labute approximate surface area is 187 Å². The Hall–Kier alpha value is -2.17. The van der Waals surface area contributed by atoms with Crippen LogP contribution in [0.5, 0.6) is 0 Å². The van der Waals surface area contributed by atoms with Gasteiger partial charge in [0.2, 0.25) is 0 Å². The van der Waals surface area contributed by atoms with Gasteiger partial charge in [-0.1, -0.05) is 93.3 Å². The second-order valence-corrected chi connectivity index (χ2v) is 8.59. The molecule has 0 amide bonds. The molecular weight excluding hydrogens is 388 g/mol. The van der Waals surface area contributed by atoms with Crippen LogP contribution in [0.15, 0.2) is 60.7 Å². The molecule has 1 heterocycles. The van der Waals surface area contributed by atoms with Gasteiger partial charge in [0, 0.05) is 6.42 Å². The van der Waals surface area contributed by atoms with Crippen LogP contribution in [0.1, 0.15) is 76.7 Å². The van der Waals surface area contributed by atoms with Crippen LogP contribution in [0, 0.1) is 0 Å². The van der Waals surface area contributed by atoms with Crippen molar-refractivity contribution >= 4 is 12.0 Å². The zero-order chi connectivity index (χ0) is 22.4. The predicted octanol–water partition coefficient (Wildman–Crippen LogP) is 6.98. The molecule has 0 bridgehead atoms. The molecule has 1 aromatic rings. The number of hydrogen-bond donors (Lipinski definition) is 0. The first-order chi connectivity index (χ1) is 15.0. The number of ether oxygens (including phenoxy) is 1. The molecule has 1 aliphatic rings. The maximum Gasteiger partial charge on any atom is 0.308 e. The Bertz CT molecular complexity index is 722. The Morgan fingerprint density at radius 2 is 1.84 bits per heavy atom. The SMILES string of the molecule is C=C1CC(C)(CCCCCCCCC=CC=Cc2ccccc2)OOC1CC(=O)OC. The zero-order valence-corrected chi connectivity index (χ0v) is 19.2. The molecular formula is C27H38O4. The van der Waals surface area contributed by atoms with Crippen LogP contribution in [-0.2, 0) is 19.3 Å². The van der Waals surface area contributed by atoms with E-state index in [1.54, 1.807) is 0 Å². The molecule has 0 aromatic heterocycles. The number of allylic oxidation sites excluding steroid dienone is 3. The summed E-state index contributed by atoms with van der Waals surface area (Å²) in [6, 6.07) is 10.4. The largest absolute Gasteiger partial charge is 0.469 e. The molecule has 0 N–H and O–H groups in total. The Kier molecular flexibility index (Phi) is 11.3. The molecule has 2 atom stereocenters. The summed E-state index contributed by atoms with van der Waals surface area (Å²) in [4.78, 5) is 22.5. The highest BCUT2D eigenvalue weighted by Crippen LogP contribution is 2.35. The second kappa shape index (κ2) is 14.0. The van der Waals surface area contributed by atoms with E-state index in [9.17, 15) is 4.79 Å². The van der Waals surface area contributed by atoms with Crippen molar-refractivity contribution in [3.05, 3.63) is 66.3 Å². The van der Waals surface area contributed by atoms with Crippen molar-refractivity contribution in [2.75, 3.05) is 7.11 Å². The first-order valence-electron chi connectivity index (χ1n) is 11.5. The van der Waals surface area contributed by atoms with Crippen molar-refractivity contribution in [2.45, 2.75) is 82.8 Å². The van der Waals surface area contributed by atoms with E-state index in [0.717, 1.165) is 31.3 Å². The lowest BCUT2D eigenvalue weighted by molar-refractivity contribution is -0.392. The van der Waals surface area contributed by atoms with Crippen LogP contribution in [0.4, 0.5) is 0 Å². The van der Waals surface area contributed by atoms with Crippen LogP contribution in [0.3, 0.4) is 0 Å². The van der Waals surface area contributed by atoms with Crippen LogP contribution < -0.4 is 0 Å². The molecule has 4 nitrogen and oxygen atoms in total. The molecule has 2 unspecified atom stereocenters. The monoisotopic (exact) mass is 426 g/mol. The maximum absolute atomic E-state index is 11.4. The van der Waals surface area contributed by atoms with E-state index < -0.39 is 6.10 Å². The van der Waals surface area contributed by atoms with E-state index in [4.69, 9.17) is 14.5 Å². The highest BCUT2D eigenvalue weighted by atomic mass is 17.2. The van der Waals surface area contributed by atoms with Gasteiger partial charge in [0.05, 0.1) is 13.5 Å². The summed E-state index contributed by atoms with van der Waals surface area (Å²) in [6.07, 6.45) is 18.5. The van der Waals surface area contributed by atoms with E-state index >= 15 is 0 Å². The summed E-state index contributed by atoms with van der Waals surface area (Å²) in [7, 11) is 1.38. The van der Waals surface area contributed by atoms with Crippen molar-refractivity contribution in [1.82, 2.24) is 0 Å². The summed E-state index contributed by atoms with van der Waals surface area (Å²) < 4.78 is 4.69. The Morgan fingerprint density at radius 3 is 2.55 bits per heavy atom. The van der Waals surface area contributed by atoms with Crippen molar-refractivity contribution in [3.63, 3.8) is 0 Å². The van der Waals surface area contributed by atoms with Gasteiger partial charge in [-0.05, 0) is 37.3 Å². The molecule has 2 rings (SSSR count). The van der Waals surface area contributed by atoms with Crippen LogP contribution in [0.25, 0.3) is 6.08 Å². The van der Waals surface area contributed by atoms with Crippen LogP contribution >= 0.6 is 0 Å². The minimum absolute atomic E-state index is 0.157. The number of carbonyl (C=O) groups is 1. The minimum atomic E-state index is -0.400. The molecule has 1 saturated heterocycles. The number of carbonyl (C=O) groups excluding carboxylic acids is 1. The number of rotatable bonds is 13. The molecule has 0 saturated carbocycles. The van der Waals surface area contributed by atoms with Gasteiger partial charge in [0.1, 0.15) is 11.7 Å². The lowest BCUT2D eigenvalue weighted by Gasteiger charge is -2.37. The number of esters is 1. The minimum Gasteiger partial charge on any atom is -0.469 e. The summed E-state index contributed by atoms with van der Waals surface area (Å²) in [5.74, 6) is -0.308. The highest BCUT2D eigenvalue weighted by Gasteiger charge is 2.36. The highest BCUT2D eigenvalue weighted by molar-refractivity contribution is 5.70. The van der Waals surface area contributed by atoms with Crippen LogP contribution in [0.2, 0.25) is 0 Å². The smallest absolute Gasteiger partial charge is 0.308 e. The lowest BCUT2D eigenvalue weighted by atomic mass is 9.87. The first-order valence-corrected chi connectivity index (χ1v) is 11.5. The fourth-order valence-electron chi connectivity index (χ4n) is 3.78. The number of methoxy groups -OCH3 is 1. The van der Waals surface area contributed by atoms with Gasteiger partial charge in [0.25, 0.3) is 0 Å². The van der Waals surface area contributed by atoms with Gasteiger partial charge >= 0.3 is 5.97 Å². The quantitative estimate of drug-likeness (QED) is 0.112. The van der Waals surface area contributed by atoms with Gasteiger partial charge in [-0.2, -0.15) is 0 Å². The molecule has 31 heavy (non-hydrogen) atoms. The van der Waals surface area contributed by atoms with Gasteiger partial charge in [-0.25, -0.2) is 9.78 Å². The lowest BCUT2D eigenvalue weighted by Crippen LogP contribution is -2.39. The number of benzene rings is 1. The molecule has 170 valence electrons. The number of unbranched alkanes of at least 4 members (excludes halogenated alkanes) is 6. The van der Waals surface area contributed by atoms with E-state index in [2.05, 4.69) is 62.1 Å². The third-order valence-corrected chi connectivity index (χ3v) is 5.66. The second-order valence-electron chi connectivity index (χ2n) is 8.59. The van der Waals surface area contributed by atoms with Gasteiger partial charge in [-0.15, -0.1) is 0 Å². The summed E-state index contributed by atoms with van der Waals surface area (Å²) in [5, 5.41) is 0. The summed E-state index contributed by atoms with van der Waals surface area (Å²) >= 11 is 0. The molecule has 1 aliphatic heterocycles. The first kappa shape index (κ1) is 25.1. The Balaban J connectivity index is 1.48. The van der Waals surface area contributed by atoms with Crippen molar-refractivity contribution in [1.29, 1.82) is 0 Å². The fraction of sp³-hybridized carbons (Fsp3) is 0.519. The third kappa shape index (κ3) is 10.1. The third-order valence-electron chi connectivity index (χ3n) is 5.66. The zero-order valence-electron chi connectivity index (χ0n) is 19.2. The van der Waals surface area contributed by atoms with Crippen molar-refractivity contribution < 1.29 is 19.3 Å². The Morgan fingerprint density at radius 1 is 1.13 bits per heavy atom. The fourth-order valence-corrected chi connectivity index (χ4v) is 3.78. The molecule has 0 radical (unpaired) electrons. The van der Waals surface area contributed by atoms with Gasteiger partial charge < -0.3 is 4.74 Å². The molecule has 0 spiro atoms. The van der Waals surface area contributed by atoms with E-state index in [1.807, 2.05) is 6.07 Å².